The number of carbonyl (C=O) groups is 1. The fraction of sp³-hybridized carbons (Fsp3) is 0.158. The van der Waals surface area contributed by atoms with Crippen LogP contribution in [0.1, 0.15) is 12.5 Å². The van der Waals surface area contributed by atoms with E-state index in [0.717, 1.165) is 11.4 Å². The monoisotopic (exact) mass is 467 g/mol. The van der Waals surface area contributed by atoms with Crippen molar-refractivity contribution in [1.29, 1.82) is 0 Å². The van der Waals surface area contributed by atoms with Gasteiger partial charge < -0.3 is 4.57 Å². The number of nitrogens with one attached hydrogen (secondary N) is 1. The molecule has 1 amide bonds. The van der Waals surface area contributed by atoms with Crippen LogP contribution in [0.4, 0.5) is 0 Å². The molecule has 0 aliphatic rings. The second-order valence-corrected chi connectivity index (χ2v) is 8.03. The molecule has 6 nitrogen and oxygen atoms in total. The standard InChI is InChI=1S/C19H16Cl3N5OS/c1-2-27-18(12-3-6-14(20)7-4-12)25-26-19(27)29-11-17(28)24-23-10-13-5-8-15(21)9-16(13)22/h3-10H,2,11H2,1H3,(H,24,28)/b23-10-. The Morgan fingerprint density at radius 3 is 2.55 bits per heavy atom. The van der Waals surface area contributed by atoms with Gasteiger partial charge in [0.1, 0.15) is 0 Å². The lowest BCUT2D eigenvalue weighted by atomic mass is 10.2. The zero-order chi connectivity index (χ0) is 20.8. The van der Waals surface area contributed by atoms with Gasteiger partial charge in [0, 0.05) is 27.7 Å². The van der Waals surface area contributed by atoms with Crippen molar-refractivity contribution in [2.75, 3.05) is 5.75 Å². The molecule has 10 heteroatoms. The van der Waals surface area contributed by atoms with Crippen LogP contribution in [0.25, 0.3) is 11.4 Å². The van der Waals surface area contributed by atoms with E-state index in [9.17, 15) is 4.79 Å². The lowest BCUT2D eigenvalue weighted by Crippen LogP contribution is -2.20. The van der Waals surface area contributed by atoms with Crippen molar-refractivity contribution in [3.05, 3.63) is 63.1 Å². The summed E-state index contributed by atoms with van der Waals surface area (Å²) in [6, 6.07) is 12.4. The predicted octanol–water partition coefficient (Wildman–Crippen LogP) is 5.17. The molecule has 1 aromatic heterocycles. The van der Waals surface area contributed by atoms with Crippen molar-refractivity contribution in [3.8, 4) is 11.4 Å². The van der Waals surface area contributed by atoms with E-state index < -0.39 is 0 Å². The molecule has 0 saturated carbocycles. The maximum Gasteiger partial charge on any atom is 0.250 e. The summed E-state index contributed by atoms with van der Waals surface area (Å²) in [5.74, 6) is 0.599. The maximum atomic E-state index is 12.1. The van der Waals surface area contributed by atoms with Gasteiger partial charge in [-0.3, -0.25) is 4.79 Å². The Morgan fingerprint density at radius 2 is 1.86 bits per heavy atom. The molecular formula is C19H16Cl3N5OS. The maximum absolute atomic E-state index is 12.1. The molecular weight excluding hydrogens is 453 g/mol. The first-order valence-electron chi connectivity index (χ1n) is 8.57. The Kier molecular flexibility index (Phi) is 7.55. The number of aromatic nitrogens is 3. The highest BCUT2D eigenvalue weighted by atomic mass is 35.5. The average molecular weight is 469 g/mol. The summed E-state index contributed by atoms with van der Waals surface area (Å²) >= 11 is 19.1. The number of thioether (sulfide) groups is 1. The summed E-state index contributed by atoms with van der Waals surface area (Å²) in [6.07, 6.45) is 1.47. The van der Waals surface area contributed by atoms with Crippen molar-refractivity contribution < 1.29 is 4.79 Å². The fourth-order valence-corrected chi connectivity index (χ4v) is 3.81. The Hall–Kier alpha value is -2.06. The van der Waals surface area contributed by atoms with Gasteiger partial charge in [-0.15, -0.1) is 10.2 Å². The Bertz CT molecular complexity index is 1040. The molecule has 0 unspecified atom stereocenters. The molecule has 0 bridgehead atoms. The first-order chi connectivity index (χ1) is 14.0. The van der Waals surface area contributed by atoms with E-state index in [4.69, 9.17) is 34.8 Å². The number of benzene rings is 2. The molecule has 29 heavy (non-hydrogen) atoms. The molecule has 3 aromatic rings. The van der Waals surface area contributed by atoms with Crippen molar-refractivity contribution in [1.82, 2.24) is 20.2 Å². The van der Waals surface area contributed by atoms with Crippen molar-refractivity contribution in [3.63, 3.8) is 0 Å². The van der Waals surface area contributed by atoms with Gasteiger partial charge in [-0.2, -0.15) is 5.10 Å². The molecule has 0 aliphatic heterocycles. The van der Waals surface area contributed by atoms with Gasteiger partial charge in [0.15, 0.2) is 11.0 Å². The minimum atomic E-state index is -0.268. The molecule has 0 atom stereocenters. The number of hydrogen-bond donors (Lipinski definition) is 1. The molecule has 0 radical (unpaired) electrons. The largest absolute Gasteiger partial charge is 0.302 e. The number of halogens is 3. The van der Waals surface area contributed by atoms with Crippen LogP contribution in [0.2, 0.25) is 15.1 Å². The molecule has 150 valence electrons. The molecule has 0 saturated heterocycles. The van der Waals surface area contributed by atoms with Gasteiger partial charge in [-0.25, -0.2) is 5.43 Å². The minimum Gasteiger partial charge on any atom is -0.302 e. The summed E-state index contributed by atoms with van der Waals surface area (Å²) in [7, 11) is 0. The molecule has 3 rings (SSSR count). The number of hydrazone groups is 1. The van der Waals surface area contributed by atoms with E-state index >= 15 is 0 Å². The Balaban J connectivity index is 1.60. The van der Waals surface area contributed by atoms with E-state index in [2.05, 4.69) is 20.7 Å². The third kappa shape index (κ3) is 5.73. The van der Waals surface area contributed by atoms with Crippen molar-refractivity contribution in [2.45, 2.75) is 18.6 Å². The Labute approximate surface area is 187 Å². The third-order valence-corrected chi connectivity index (χ3v) is 5.60. The molecule has 0 fully saturated rings. The highest BCUT2D eigenvalue weighted by Crippen LogP contribution is 2.25. The Morgan fingerprint density at radius 1 is 1.14 bits per heavy atom. The van der Waals surface area contributed by atoms with Crippen molar-refractivity contribution in [2.24, 2.45) is 5.10 Å². The number of carbonyl (C=O) groups excluding carboxylic acids is 1. The first kappa shape index (κ1) is 21.6. The summed E-state index contributed by atoms with van der Waals surface area (Å²) in [4.78, 5) is 12.1. The molecule has 0 aliphatic carbocycles. The second kappa shape index (κ2) is 10.1. The second-order valence-electron chi connectivity index (χ2n) is 5.81. The molecule has 2 aromatic carbocycles. The van der Waals surface area contributed by atoms with Crippen LogP contribution >= 0.6 is 46.6 Å². The van der Waals surface area contributed by atoms with Gasteiger partial charge in [-0.05, 0) is 43.3 Å². The smallest absolute Gasteiger partial charge is 0.250 e. The zero-order valence-corrected chi connectivity index (χ0v) is 18.4. The number of amides is 1. The van der Waals surface area contributed by atoms with Crippen LogP contribution in [0.3, 0.4) is 0 Å². The number of hydrogen-bond acceptors (Lipinski definition) is 5. The average Bonchev–Trinajstić information content (AvgIpc) is 3.11. The highest BCUT2D eigenvalue weighted by molar-refractivity contribution is 7.99. The lowest BCUT2D eigenvalue weighted by molar-refractivity contribution is -0.118. The first-order valence-corrected chi connectivity index (χ1v) is 10.7. The third-order valence-electron chi connectivity index (χ3n) is 3.82. The summed E-state index contributed by atoms with van der Waals surface area (Å²) < 4.78 is 1.94. The quantitative estimate of drug-likeness (QED) is 0.295. The predicted molar refractivity (Wildman–Crippen MR) is 119 cm³/mol. The van der Waals surface area contributed by atoms with E-state index in [-0.39, 0.29) is 11.7 Å². The van der Waals surface area contributed by atoms with Crippen LogP contribution in [0.5, 0.6) is 0 Å². The van der Waals surface area contributed by atoms with E-state index in [0.29, 0.717) is 32.3 Å². The van der Waals surface area contributed by atoms with Gasteiger partial charge >= 0.3 is 0 Å². The normalized spacial score (nSPS) is 11.2. The lowest BCUT2D eigenvalue weighted by Gasteiger charge is -2.07. The number of rotatable bonds is 7. The van der Waals surface area contributed by atoms with E-state index in [1.807, 2.05) is 23.6 Å². The SMILES string of the molecule is CCn1c(SCC(=O)N/N=C\c2ccc(Cl)cc2Cl)nnc1-c1ccc(Cl)cc1. The summed E-state index contributed by atoms with van der Waals surface area (Å²) in [5.41, 5.74) is 4.03. The van der Waals surface area contributed by atoms with E-state index in [1.165, 1.54) is 18.0 Å². The van der Waals surface area contributed by atoms with Gasteiger partial charge in [0.25, 0.3) is 5.91 Å². The molecule has 0 spiro atoms. The molecule has 1 heterocycles. The minimum absolute atomic E-state index is 0.143. The summed E-state index contributed by atoms with van der Waals surface area (Å²) in [6.45, 7) is 2.66. The van der Waals surface area contributed by atoms with Crippen LogP contribution in [0.15, 0.2) is 52.7 Å². The van der Waals surface area contributed by atoms with Gasteiger partial charge in [0.05, 0.1) is 17.0 Å². The van der Waals surface area contributed by atoms with E-state index in [1.54, 1.807) is 30.3 Å². The fourth-order valence-electron chi connectivity index (χ4n) is 2.44. The van der Waals surface area contributed by atoms with Gasteiger partial charge in [0.2, 0.25) is 0 Å². The zero-order valence-electron chi connectivity index (χ0n) is 15.3. The highest BCUT2D eigenvalue weighted by Gasteiger charge is 2.14. The van der Waals surface area contributed by atoms with Gasteiger partial charge in [-0.1, -0.05) is 52.6 Å². The van der Waals surface area contributed by atoms with Crippen LogP contribution in [0, 0.1) is 0 Å². The summed E-state index contributed by atoms with van der Waals surface area (Å²) in [5, 5.41) is 14.7. The van der Waals surface area contributed by atoms with Crippen LogP contribution < -0.4 is 5.43 Å². The topological polar surface area (TPSA) is 72.2 Å². The number of nitrogens with zero attached hydrogens (tertiary/aromatic N) is 4. The van der Waals surface area contributed by atoms with Crippen LogP contribution in [-0.4, -0.2) is 32.6 Å². The molecule has 1 N–H and O–H groups in total. The van der Waals surface area contributed by atoms with Crippen molar-refractivity contribution >= 4 is 58.7 Å². The van der Waals surface area contributed by atoms with Crippen LogP contribution in [-0.2, 0) is 11.3 Å².